The zero-order chi connectivity index (χ0) is 19.6. The summed E-state index contributed by atoms with van der Waals surface area (Å²) in [4.78, 5) is 11.1. The Hall–Kier alpha value is -0.910. The summed E-state index contributed by atoms with van der Waals surface area (Å²) in [5, 5.41) is 8.97. The Balaban J connectivity index is 0.00000300. The molecule has 1 aliphatic rings. The highest BCUT2D eigenvalue weighted by Crippen LogP contribution is 2.20. The number of thioether (sulfide) groups is 1. The molecule has 1 aromatic heterocycles. The molecule has 0 atom stereocenters. The van der Waals surface area contributed by atoms with Crippen LogP contribution in [0.5, 0.6) is 0 Å². The molecule has 29 heavy (non-hydrogen) atoms. The van der Waals surface area contributed by atoms with Gasteiger partial charge in [-0.15, -0.1) is 35.3 Å². The third-order valence-electron chi connectivity index (χ3n) is 4.72. The van der Waals surface area contributed by atoms with Crippen LogP contribution in [0.25, 0.3) is 0 Å². The van der Waals surface area contributed by atoms with E-state index in [2.05, 4.69) is 25.5 Å². The minimum Gasteiger partial charge on any atom is -0.356 e. The summed E-state index contributed by atoms with van der Waals surface area (Å²) >= 11 is 3.50. The zero-order valence-electron chi connectivity index (χ0n) is 16.6. The van der Waals surface area contributed by atoms with E-state index in [0.717, 1.165) is 61.5 Å². The first-order valence-corrected chi connectivity index (χ1v) is 11.6. The van der Waals surface area contributed by atoms with Gasteiger partial charge in [0.05, 0.1) is 0 Å². The summed E-state index contributed by atoms with van der Waals surface area (Å²) in [5.74, 6) is 1.77. The topological polar surface area (TPSA) is 52.6 Å². The molecule has 160 valence electrons. The molecule has 1 saturated heterocycles. The first kappa shape index (κ1) is 24.4. The molecule has 0 amide bonds. The number of aliphatic imine (C=N–C) groups is 1. The number of thiazole rings is 1. The lowest BCUT2D eigenvalue weighted by atomic mass is 10.0. The predicted molar refractivity (Wildman–Crippen MR) is 132 cm³/mol. The first-order valence-electron chi connectivity index (χ1n) is 9.69. The lowest BCUT2D eigenvalue weighted by Crippen LogP contribution is -2.48. The van der Waals surface area contributed by atoms with Gasteiger partial charge in [-0.25, -0.2) is 9.37 Å². The van der Waals surface area contributed by atoms with Gasteiger partial charge in [0.15, 0.2) is 5.96 Å². The molecule has 0 unspecified atom stereocenters. The van der Waals surface area contributed by atoms with Crippen LogP contribution in [0.15, 0.2) is 45.2 Å². The van der Waals surface area contributed by atoms with Crippen LogP contribution in [0, 0.1) is 5.82 Å². The fourth-order valence-corrected chi connectivity index (χ4v) is 4.84. The molecule has 0 bridgehead atoms. The minimum atomic E-state index is -0.174. The fraction of sp³-hybridized carbons (Fsp3) is 0.500. The molecule has 1 aromatic carbocycles. The van der Waals surface area contributed by atoms with E-state index in [-0.39, 0.29) is 29.8 Å². The van der Waals surface area contributed by atoms with Gasteiger partial charge in [0.25, 0.3) is 0 Å². The van der Waals surface area contributed by atoms with Crippen molar-refractivity contribution in [3.05, 3.63) is 47.2 Å². The lowest BCUT2D eigenvalue weighted by molar-refractivity contribution is 0.198. The second kappa shape index (κ2) is 13.4. The third-order valence-corrected chi connectivity index (χ3v) is 6.77. The van der Waals surface area contributed by atoms with E-state index in [4.69, 9.17) is 0 Å². The van der Waals surface area contributed by atoms with E-state index in [0.29, 0.717) is 6.04 Å². The highest BCUT2D eigenvalue weighted by Gasteiger charge is 2.20. The molecule has 0 saturated carbocycles. The van der Waals surface area contributed by atoms with Crippen molar-refractivity contribution >= 4 is 53.0 Å². The molecular weight excluding hydrogens is 520 g/mol. The molecule has 2 aromatic rings. The molecule has 1 fully saturated rings. The third kappa shape index (κ3) is 8.77. The average molecular weight is 550 g/mol. The summed E-state index contributed by atoms with van der Waals surface area (Å²) in [5.41, 5.74) is 1.17. The Kier molecular flexibility index (Phi) is 11.3. The number of benzene rings is 1. The number of aromatic nitrogens is 1. The van der Waals surface area contributed by atoms with Gasteiger partial charge < -0.3 is 10.6 Å². The van der Waals surface area contributed by atoms with Gasteiger partial charge in [-0.05, 0) is 37.0 Å². The monoisotopic (exact) mass is 549 g/mol. The smallest absolute Gasteiger partial charge is 0.191 e. The molecule has 0 radical (unpaired) electrons. The van der Waals surface area contributed by atoms with Gasteiger partial charge >= 0.3 is 0 Å². The number of likely N-dealkylation sites (tertiary alicyclic amines) is 1. The molecule has 2 heterocycles. The zero-order valence-corrected chi connectivity index (χ0v) is 20.6. The number of hydrogen-bond donors (Lipinski definition) is 2. The van der Waals surface area contributed by atoms with Crippen molar-refractivity contribution in [1.82, 2.24) is 20.5 Å². The maximum atomic E-state index is 13.0. The molecule has 9 heteroatoms. The summed E-state index contributed by atoms with van der Waals surface area (Å²) in [6, 6.07) is 7.26. The molecule has 0 aliphatic carbocycles. The average Bonchev–Trinajstić information content (AvgIpc) is 3.23. The summed E-state index contributed by atoms with van der Waals surface area (Å²) in [6.07, 6.45) is 5.09. The van der Waals surface area contributed by atoms with Crippen molar-refractivity contribution in [2.75, 3.05) is 32.4 Å². The maximum absolute atomic E-state index is 13.0. The van der Waals surface area contributed by atoms with Crippen molar-refractivity contribution < 1.29 is 4.39 Å². The van der Waals surface area contributed by atoms with Crippen LogP contribution in [-0.2, 0) is 6.54 Å². The second-order valence-electron chi connectivity index (χ2n) is 6.82. The van der Waals surface area contributed by atoms with Crippen molar-refractivity contribution in [2.45, 2.75) is 36.2 Å². The number of nitrogens with zero attached hydrogens (tertiary/aromatic N) is 3. The minimum absolute atomic E-state index is 0. The van der Waals surface area contributed by atoms with Gasteiger partial charge in [0.2, 0.25) is 0 Å². The largest absolute Gasteiger partial charge is 0.356 e. The number of rotatable bonds is 8. The Morgan fingerprint density at radius 2 is 2.07 bits per heavy atom. The van der Waals surface area contributed by atoms with E-state index in [1.165, 1.54) is 17.7 Å². The van der Waals surface area contributed by atoms with Gasteiger partial charge in [-0.3, -0.25) is 9.89 Å². The number of nitrogens with one attached hydrogen (secondary N) is 2. The number of guanidine groups is 1. The second-order valence-corrected chi connectivity index (χ2v) is 9.06. The molecular formula is C20H29FIN5S2. The predicted octanol–water partition coefficient (Wildman–Crippen LogP) is 4.21. The fourth-order valence-electron chi connectivity index (χ4n) is 3.19. The van der Waals surface area contributed by atoms with Crippen molar-refractivity contribution in [3.63, 3.8) is 0 Å². The molecule has 3 rings (SSSR count). The first-order chi connectivity index (χ1) is 13.7. The van der Waals surface area contributed by atoms with Crippen LogP contribution in [-0.4, -0.2) is 54.3 Å². The molecule has 2 N–H and O–H groups in total. The maximum Gasteiger partial charge on any atom is 0.191 e. The van der Waals surface area contributed by atoms with Crippen LogP contribution in [0.2, 0.25) is 0 Å². The van der Waals surface area contributed by atoms with Gasteiger partial charge in [-0.2, -0.15) is 0 Å². The van der Waals surface area contributed by atoms with E-state index in [9.17, 15) is 4.39 Å². The van der Waals surface area contributed by atoms with Crippen molar-refractivity contribution in [2.24, 2.45) is 4.99 Å². The van der Waals surface area contributed by atoms with Crippen LogP contribution >= 0.6 is 47.1 Å². The number of hydrogen-bond acceptors (Lipinski definition) is 5. The number of halogens is 2. The standard InChI is InChI=1S/C20H28FN5S2.HI/c1-22-19(23-9-2-13-27-20-24-10-14-28-20)25-18-7-11-26(12-8-18)15-16-3-5-17(21)6-4-16;/h3-6,10,14,18H,2,7-9,11-13,15H2,1H3,(H2,22,23,25);1H. The van der Waals surface area contributed by atoms with Crippen LogP contribution < -0.4 is 10.6 Å². The van der Waals surface area contributed by atoms with Crippen molar-refractivity contribution in [1.29, 1.82) is 0 Å². The summed E-state index contributed by atoms with van der Waals surface area (Å²) in [6.45, 7) is 3.87. The SMILES string of the molecule is CN=C(NCCCSc1nccs1)NC1CCN(Cc2ccc(F)cc2)CC1.I. The normalized spacial score (nSPS) is 15.7. The molecule has 5 nitrogen and oxygen atoms in total. The van der Waals surface area contributed by atoms with E-state index < -0.39 is 0 Å². The Bertz CT molecular complexity index is 719. The van der Waals surface area contributed by atoms with E-state index in [1.807, 2.05) is 30.8 Å². The highest BCUT2D eigenvalue weighted by atomic mass is 127. The molecule has 0 spiro atoms. The Morgan fingerprint density at radius 3 is 2.72 bits per heavy atom. The van der Waals surface area contributed by atoms with Crippen LogP contribution in [0.3, 0.4) is 0 Å². The summed E-state index contributed by atoms with van der Waals surface area (Å²) in [7, 11) is 1.82. The van der Waals surface area contributed by atoms with Gasteiger partial charge in [0.1, 0.15) is 10.2 Å². The Labute approximate surface area is 198 Å². The lowest BCUT2D eigenvalue weighted by Gasteiger charge is -2.33. The van der Waals surface area contributed by atoms with E-state index >= 15 is 0 Å². The van der Waals surface area contributed by atoms with Crippen LogP contribution in [0.4, 0.5) is 4.39 Å². The van der Waals surface area contributed by atoms with Crippen LogP contribution in [0.1, 0.15) is 24.8 Å². The Morgan fingerprint density at radius 1 is 1.31 bits per heavy atom. The quantitative estimate of drug-likeness (QED) is 0.170. The summed E-state index contributed by atoms with van der Waals surface area (Å²) < 4.78 is 14.2. The highest BCUT2D eigenvalue weighted by molar-refractivity contribution is 14.0. The van der Waals surface area contributed by atoms with Gasteiger partial charge in [0, 0.05) is 56.6 Å². The molecule has 1 aliphatic heterocycles. The van der Waals surface area contributed by atoms with Gasteiger partial charge in [-0.1, -0.05) is 23.9 Å². The van der Waals surface area contributed by atoms with E-state index in [1.54, 1.807) is 23.1 Å². The van der Waals surface area contributed by atoms with Crippen molar-refractivity contribution in [3.8, 4) is 0 Å². The number of piperidine rings is 1.